The molecule has 0 bridgehead atoms. The van der Waals surface area contributed by atoms with E-state index in [1.807, 2.05) is 0 Å². The van der Waals surface area contributed by atoms with Crippen LogP contribution in [-0.2, 0) is 0 Å². The van der Waals surface area contributed by atoms with Crippen molar-refractivity contribution < 1.29 is 5.11 Å². The molecule has 3 heteroatoms. The SMILES string of the molecule is OC1=CN=C[N]1. The summed E-state index contributed by atoms with van der Waals surface area (Å²) in [5.74, 6) is -0.0185. The Kier molecular flexibility index (Phi) is 0.538. The zero-order valence-corrected chi connectivity index (χ0v) is 3.00. The van der Waals surface area contributed by atoms with Crippen LogP contribution >= 0.6 is 0 Å². The quantitative estimate of drug-likeness (QED) is 0.440. The Morgan fingerprint density at radius 3 is 2.67 bits per heavy atom. The van der Waals surface area contributed by atoms with Gasteiger partial charge in [0.1, 0.15) is 6.34 Å². The molecule has 1 N–H and O–H groups in total. The number of aliphatic hydroxyl groups excluding tert-OH is 1. The summed E-state index contributed by atoms with van der Waals surface area (Å²) >= 11 is 0. The first-order chi connectivity index (χ1) is 2.89. The minimum absolute atomic E-state index is 0.0185. The Bertz CT molecular complexity index is 105. The van der Waals surface area contributed by atoms with Crippen molar-refractivity contribution in [2.75, 3.05) is 0 Å². The number of rotatable bonds is 0. The van der Waals surface area contributed by atoms with Gasteiger partial charge in [0.05, 0.1) is 6.20 Å². The van der Waals surface area contributed by atoms with Gasteiger partial charge in [0.15, 0.2) is 0 Å². The molecule has 0 aromatic heterocycles. The summed E-state index contributed by atoms with van der Waals surface area (Å²) in [5.41, 5.74) is 0. The fraction of sp³-hybridized carbons (Fsp3) is 0. The third-order valence-corrected chi connectivity index (χ3v) is 0.447. The van der Waals surface area contributed by atoms with E-state index < -0.39 is 0 Å². The van der Waals surface area contributed by atoms with Crippen LogP contribution in [0.5, 0.6) is 0 Å². The van der Waals surface area contributed by atoms with E-state index >= 15 is 0 Å². The van der Waals surface area contributed by atoms with Gasteiger partial charge >= 0.3 is 0 Å². The van der Waals surface area contributed by atoms with Crippen LogP contribution in [0.4, 0.5) is 0 Å². The van der Waals surface area contributed by atoms with Crippen LogP contribution in [0.15, 0.2) is 17.1 Å². The Morgan fingerprint density at radius 1 is 1.67 bits per heavy atom. The zero-order valence-electron chi connectivity index (χ0n) is 3.00. The molecule has 0 unspecified atom stereocenters. The Hall–Kier alpha value is -0.990. The van der Waals surface area contributed by atoms with Gasteiger partial charge in [0.25, 0.3) is 0 Å². The fourth-order valence-electron chi connectivity index (χ4n) is 0.226. The van der Waals surface area contributed by atoms with Crippen molar-refractivity contribution in [3.63, 3.8) is 0 Å². The lowest BCUT2D eigenvalue weighted by Gasteiger charge is -1.77. The molecule has 1 heterocycles. The number of hydrogen-bond donors (Lipinski definition) is 1. The highest BCUT2D eigenvalue weighted by Gasteiger charge is 1.91. The molecule has 1 aliphatic rings. The fourth-order valence-corrected chi connectivity index (χ4v) is 0.226. The molecule has 0 amide bonds. The van der Waals surface area contributed by atoms with E-state index in [1.54, 1.807) is 0 Å². The van der Waals surface area contributed by atoms with E-state index in [0.717, 1.165) is 0 Å². The molecule has 1 radical (unpaired) electrons. The van der Waals surface area contributed by atoms with Gasteiger partial charge in [-0.1, -0.05) is 0 Å². The van der Waals surface area contributed by atoms with Gasteiger partial charge in [-0.15, -0.1) is 0 Å². The largest absolute Gasteiger partial charge is 0.492 e. The van der Waals surface area contributed by atoms with Crippen LogP contribution in [0.25, 0.3) is 0 Å². The molecular formula is C3H3N2O. The van der Waals surface area contributed by atoms with E-state index in [4.69, 9.17) is 5.11 Å². The first kappa shape index (κ1) is 3.21. The van der Waals surface area contributed by atoms with Gasteiger partial charge < -0.3 is 5.11 Å². The third-order valence-electron chi connectivity index (χ3n) is 0.447. The molecule has 0 aromatic rings. The van der Waals surface area contributed by atoms with Gasteiger partial charge in [-0.05, 0) is 0 Å². The normalized spacial score (nSPS) is 17.0. The van der Waals surface area contributed by atoms with Crippen molar-refractivity contribution in [2.24, 2.45) is 4.99 Å². The van der Waals surface area contributed by atoms with E-state index in [0.29, 0.717) is 0 Å². The number of nitrogens with zero attached hydrogens (tertiary/aromatic N) is 2. The maximum atomic E-state index is 8.30. The maximum Gasteiger partial charge on any atom is 0.231 e. The van der Waals surface area contributed by atoms with Crippen LogP contribution in [0, 0.1) is 0 Å². The minimum atomic E-state index is -0.0185. The summed E-state index contributed by atoms with van der Waals surface area (Å²) in [6.45, 7) is 0. The topological polar surface area (TPSA) is 46.7 Å². The lowest BCUT2D eigenvalue weighted by Crippen LogP contribution is -1.92. The summed E-state index contributed by atoms with van der Waals surface area (Å²) in [5, 5.41) is 11.7. The third kappa shape index (κ3) is 0.337. The van der Waals surface area contributed by atoms with Crippen LogP contribution in [0.1, 0.15) is 0 Å². The molecule has 0 aliphatic carbocycles. The van der Waals surface area contributed by atoms with Crippen LogP contribution in [0.2, 0.25) is 0 Å². The van der Waals surface area contributed by atoms with Crippen molar-refractivity contribution in [1.82, 2.24) is 5.32 Å². The summed E-state index contributed by atoms with van der Waals surface area (Å²) in [6, 6.07) is 0. The molecule has 31 valence electrons. The Labute approximate surface area is 35.0 Å². The lowest BCUT2D eigenvalue weighted by atomic mass is 10.9. The highest BCUT2D eigenvalue weighted by Crippen LogP contribution is 1.87. The molecule has 3 nitrogen and oxygen atoms in total. The molecule has 1 rings (SSSR count). The van der Waals surface area contributed by atoms with Gasteiger partial charge in [0, 0.05) is 0 Å². The molecule has 0 atom stereocenters. The second kappa shape index (κ2) is 1.01. The van der Waals surface area contributed by atoms with Crippen molar-refractivity contribution in [2.45, 2.75) is 0 Å². The van der Waals surface area contributed by atoms with Gasteiger partial charge in [-0.25, -0.2) is 10.3 Å². The molecule has 0 spiro atoms. The van der Waals surface area contributed by atoms with E-state index in [1.165, 1.54) is 12.5 Å². The first-order valence-corrected chi connectivity index (χ1v) is 1.51. The highest BCUT2D eigenvalue weighted by atomic mass is 16.3. The molecule has 6 heavy (non-hydrogen) atoms. The average Bonchev–Trinajstić information content (AvgIpc) is 1.86. The van der Waals surface area contributed by atoms with Crippen molar-refractivity contribution in [3.8, 4) is 0 Å². The predicted molar refractivity (Wildman–Crippen MR) is 21.3 cm³/mol. The zero-order chi connectivity index (χ0) is 4.41. The molecule has 0 aromatic carbocycles. The van der Waals surface area contributed by atoms with Crippen LogP contribution < -0.4 is 5.32 Å². The molecule has 1 aliphatic heterocycles. The first-order valence-electron chi connectivity index (χ1n) is 1.51. The summed E-state index contributed by atoms with van der Waals surface area (Å²) in [4.78, 5) is 3.46. The number of hydrogen-bond acceptors (Lipinski definition) is 2. The second-order valence-corrected chi connectivity index (χ2v) is 0.881. The molecular weight excluding hydrogens is 80.0 g/mol. The van der Waals surface area contributed by atoms with Crippen molar-refractivity contribution >= 4 is 6.34 Å². The predicted octanol–water partition coefficient (Wildman–Crippen LogP) is -0.0104. The lowest BCUT2D eigenvalue weighted by molar-refractivity contribution is 0.390. The summed E-state index contributed by atoms with van der Waals surface area (Å²) < 4.78 is 0. The maximum absolute atomic E-state index is 8.30. The van der Waals surface area contributed by atoms with Crippen molar-refractivity contribution in [1.29, 1.82) is 0 Å². The number of aliphatic imine (C=N–C) groups is 1. The van der Waals surface area contributed by atoms with E-state index in [9.17, 15) is 0 Å². The smallest absolute Gasteiger partial charge is 0.231 e. The highest BCUT2D eigenvalue weighted by molar-refractivity contribution is 5.59. The van der Waals surface area contributed by atoms with Crippen molar-refractivity contribution in [3.05, 3.63) is 12.1 Å². The van der Waals surface area contributed by atoms with Gasteiger partial charge in [-0.2, -0.15) is 0 Å². The van der Waals surface area contributed by atoms with E-state index in [-0.39, 0.29) is 5.88 Å². The summed E-state index contributed by atoms with van der Waals surface area (Å²) in [6.07, 6.45) is 2.56. The molecule has 0 saturated carbocycles. The van der Waals surface area contributed by atoms with Crippen LogP contribution in [0.3, 0.4) is 0 Å². The summed E-state index contributed by atoms with van der Waals surface area (Å²) in [7, 11) is 0. The second-order valence-electron chi connectivity index (χ2n) is 0.881. The van der Waals surface area contributed by atoms with Gasteiger partial charge in [0.2, 0.25) is 5.88 Å². The monoisotopic (exact) mass is 83.0 g/mol. The Morgan fingerprint density at radius 2 is 2.50 bits per heavy atom. The molecule has 0 fully saturated rings. The Balaban J connectivity index is 2.61. The standard InChI is InChI=1S/C3H3N2O/c6-3-1-4-2-5-3/h1-2,6H. The number of aliphatic hydroxyl groups is 1. The van der Waals surface area contributed by atoms with Crippen LogP contribution in [-0.4, -0.2) is 11.4 Å². The minimum Gasteiger partial charge on any atom is -0.492 e. The van der Waals surface area contributed by atoms with Gasteiger partial charge in [-0.3, -0.25) is 0 Å². The average molecular weight is 83.1 g/mol. The molecule has 0 saturated heterocycles. The van der Waals surface area contributed by atoms with E-state index in [2.05, 4.69) is 10.3 Å².